The van der Waals surface area contributed by atoms with Crippen LogP contribution in [0.25, 0.3) is 0 Å². The Morgan fingerprint density at radius 1 is 1.40 bits per heavy atom. The summed E-state index contributed by atoms with van der Waals surface area (Å²) in [5.41, 5.74) is 7.01. The monoisotopic (exact) mass is 292 g/mol. The molecule has 3 N–H and O–H groups in total. The van der Waals surface area contributed by atoms with Gasteiger partial charge in [-0.3, -0.25) is 9.48 Å². The highest BCUT2D eigenvalue weighted by atomic mass is 19.4. The number of aryl methyl sites for hydroxylation is 2. The van der Waals surface area contributed by atoms with Crippen molar-refractivity contribution in [3.63, 3.8) is 0 Å². The second-order valence-electron chi connectivity index (χ2n) is 4.51. The first kappa shape index (κ1) is 16.3. The lowest BCUT2D eigenvalue weighted by molar-refractivity contribution is -0.135. The van der Waals surface area contributed by atoms with Crippen LogP contribution in [0.3, 0.4) is 0 Å². The molecule has 0 saturated heterocycles. The highest BCUT2D eigenvalue weighted by Gasteiger charge is 2.26. The van der Waals surface area contributed by atoms with E-state index in [2.05, 4.69) is 10.4 Å². The van der Waals surface area contributed by atoms with E-state index in [1.54, 1.807) is 7.05 Å². The van der Waals surface area contributed by atoms with Crippen LogP contribution in [0.15, 0.2) is 0 Å². The van der Waals surface area contributed by atoms with Gasteiger partial charge in [0.25, 0.3) is 5.91 Å². The molecule has 0 atom stereocenters. The molecule has 0 spiro atoms. The van der Waals surface area contributed by atoms with E-state index in [4.69, 9.17) is 5.73 Å². The number of alkyl halides is 3. The zero-order chi connectivity index (χ0) is 15.3. The van der Waals surface area contributed by atoms with Gasteiger partial charge in [-0.05, 0) is 19.3 Å². The first-order valence-electron chi connectivity index (χ1n) is 6.42. The van der Waals surface area contributed by atoms with E-state index in [-0.39, 0.29) is 25.1 Å². The standard InChI is InChI=1S/C12H19F3N4O/c1-3-8-9(16)10(19(2)18-8)11(20)17-7-5-4-6-12(13,14)15/h3-7,16H2,1-2H3,(H,17,20). The molecule has 5 nitrogen and oxygen atoms in total. The minimum atomic E-state index is -4.15. The quantitative estimate of drug-likeness (QED) is 0.788. The molecule has 0 bridgehead atoms. The number of aromatic nitrogens is 2. The summed E-state index contributed by atoms with van der Waals surface area (Å²) in [6.45, 7) is 2.05. The van der Waals surface area contributed by atoms with Crippen molar-refractivity contribution >= 4 is 11.6 Å². The zero-order valence-electron chi connectivity index (χ0n) is 11.5. The summed E-state index contributed by atoms with van der Waals surface area (Å²) in [5.74, 6) is -0.413. The van der Waals surface area contributed by atoms with Gasteiger partial charge in [0.15, 0.2) is 0 Å². The maximum Gasteiger partial charge on any atom is 0.389 e. The summed E-state index contributed by atoms with van der Waals surface area (Å²) in [5, 5.41) is 6.67. The first-order chi connectivity index (χ1) is 9.26. The smallest absolute Gasteiger partial charge is 0.389 e. The summed E-state index contributed by atoms with van der Waals surface area (Å²) in [6.07, 6.45) is -4.11. The molecule has 1 aromatic heterocycles. The van der Waals surface area contributed by atoms with E-state index >= 15 is 0 Å². The Labute approximate surface area is 115 Å². The average molecular weight is 292 g/mol. The zero-order valence-corrected chi connectivity index (χ0v) is 11.5. The van der Waals surface area contributed by atoms with Crippen molar-refractivity contribution in [3.8, 4) is 0 Å². The molecule has 0 aromatic carbocycles. The Morgan fingerprint density at radius 3 is 2.55 bits per heavy atom. The van der Waals surface area contributed by atoms with Crippen LogP contribution in [0.5, 0.6) is 0 Å². The van der Waals surface area contributed by atoms with Crippen LogP contribution in [0.1, 0.15) is 42.4 Å². The predicted molar refractivity (Wildman–Crippen MR) is 69.2 cm³/mol. The van der Waals surface area contributed by atoms with Gasteiger partial charge in [-0.15, -0.1) is 0 Å². The van der Waals surface area contributed by atoms with E-state index in [9.17, 15) is 18.0 Å². The fourth-order valence-corrected chi connectivity index (χ4v) is 1.86. The topological polar surface area (TPSA) is 72.9 Å². The van der Waals surface area contributed by atoms with Gasteiger partial charge in [-0.1, -0.05) is 6.92 Å². The van der Waals surface area contributed by atoms with Crippen LogP contribution in [0, 0.1) is 0 Å². The third-order valence-electron chi connectivity index (χ3n) is 2.88. The number of halogens is 3. The molecular formula is C12H19F3N4O. The number of nitrogens with two attached hydrogens (primary N) is 1. The average Bonchev–Trinajstić information content (AvgIpc) is 2.62. The van der Waals surface area contributed by atoms with E-state index in [1.807, 2.05) is 6.92 Å². The van der Waals surface area contributed by atoms with Gasteiger partial charge in [0, 0.05) is 20.0 Å². The minimum absolute atomic E-state index is 0.00907. The molecular weight excluding hydrogens is 273 g/mol. The molecule has 0 aliphatic heterocycles. The third kappa shape index (κ3) is 4.43. The lowest BCUT2D eigenvalue weighted by atomic mass is 10.2. The largest absolute Gasteiger partial charge is 0.395 e. The lowest BCUT2D eigenvalue weighted by Crippen LogP contribution is -2.27. The van der Waals surface area contributed by atoms with Crippen molar-refractivity contribution in [3.05, 3.63) is 11.4 Å². The van der Waals surface area contributed by atoms with Crippen LogP contribution < -0.4 is 11.1 Å². The van der Waals surface area contributed by atoms with Gasteiger partial charge >= 0.3 is 6.18 Å². The van der Waals surface area contributed by atoms with E-state index in [0.29, 0.717) is 17.8 Å². The van der Waals surface area contributed by atoms with Crippen molar-refractivity contribution in [2.24, 2.45) is 7.05 Å². The summed E-state index contributed by atoms with van der Waals surface area (Å²) < 4.78 is 37.2. The fourth-order valence-electron chi connectivity index (χ4n) is 1.86. The van der Waals surface area contributed by atoms with E-state index in [1.165, 1.54) is 4.68 Å². The molecule has 1 aromatic rings. The molecule has 0 radical (unpaired) electrons. The van der Waals surface area contributed by atoms with Gasteiger partial charge in [0.05, 0.1) is 11.4 Å². The number of hydrogen-bond acceptors (Lipinski definition) is 3. The van der Waals surface area contributed by atoms with Crippen molar-refractivity contribution in [2.75, 3.05) is 12.3 Å². The third-order valence-corrected chi connectivity index (χ3v) is 2.88. The molecule has 1 amide bonds. The summed E-state index contributed by atoms with van der Waals surface area (Å²) in [4.78, 5) is 11.9. The number of nitrogen functional groups attached to an aromatic ring is 1. The Morgan fingerprint density at radius 2 is 2.05 bits per heavy atom. The van der Waals surface area contributed by atoms with Gasteiger partial charge in [0.1, 0.15) is 5.69 Å². The Kier molecular flexibility index (Phi) is 5.41. The number of nitrogens with one attached hydrogen (secondary N) is 1. The molecule has 1 rings (SSSR count). The molecule has 8 heteroatoms. The van der Waals surface area contributed by atoms with Crippen molar-refractivity contribution in [1.29, 1.82) is 0 Å². The lowest BCUT2D eigenvalue weighted by Gasteiger charge is -2.07. The van der Waals surface area contributed by atoms with E-state index in [0.717, 1.165) is 0 Å². The molecule has 1 heterocycles. The molecule has 0 aliphatic rings. The molecule has 0 saturated carbocycles. The second kappa shape index (κ2) is 6.62. The van der Waals surface area contributed by atoms with Crippen LogP contribution in [0.4, 0.5) is 18.9 Å². The van der Waals surface area contributed by atoms with Gasteiger partial charge in [0.2, 0.25) is 0 Å². The number of rotatable bonds is 6. The van der Waals surface area contributed by atoms with Crippen LogP contribution in [-0.2, 0) is 13.5 Å². The summed E-state index contributed by atoms with van der Waals surface area (Å²) in [6, 6.07) is 0. The summed E-state index contributed by atoms with van der Waals surface area (Å²) in [7, 11) is 1.61. The highest BCUT2D eigenvalue weighted by Crippen LogP contribution is 2.22. The predicted octanol–water partition coefficient (Wildman–Crippen LogP) is 2.03. The molecule has 0 fully saturated rings. The molecule has 20 heavy (non-hydrogen) atoms. The first-order valence-corrected chi connectivity index (χ1v) is 6.42. The fraction of sp³-hybridized carbons (Fsp3) is 0.667. The maximum absolute atomic E-state index is 11.9. The van der Waals surface area contributed by atoms with Gasteiger partial charge < -0.3 is 11.1 Å². The van der Waals surface area contributed by atoms with Crippen molar-refractivity contribution < 1.29 is 18.0 Å². The number of hydrogen-bond donors (Lipinski definition) is 2. The van der Waals surface area contributed by atoms with Crippen molar-refractivity contribution in [1.82, 2.24) is 15.1 Å². The molecule has 0 unspecified atom stereocenters. The number of nitrogens with zero attached hydrogens (tertiary/aromatic N) is 2. The van der Waals surface area contributed by atoms with Crippen LogP contribution >= 0.6 is 0 Å². The number of anilines is 1. The minimum Gasteiger partial charge on any atom is -0.395 e. The Balaban J connectivity index is 2.46. The second-order valence-corrected chi connectivity index (χ2v) is 4.51. The van der Waals surface area contributed by atoms with E-state index < -0.39 is 18.5 Å². The van der Waals surface area contributed by atoms with Crippen molar-refractivity contribution in [2.45, 2.75) is 38.8 Å². The normalized spacial score (nSPS) is 11.7. The Bertz CT molecular complexity index is 468. The maximum atomic E-state index is 11.9. The number of carbonyl (C=O) groups is 1. The van der Waals surface area contributed by atoms with Crippen LogP contribution in [0.2, 0.25) is 0 Å². The number of carbonyl (C=O) groups excluding carboxylic acids is 1. The van der Waals surface area contributed by atoms with Gasteiger partial charge in [-0.2, -0.15) is 18.3 Å². The number of unbranched alkanes of at least 4 members (excludes halogenated alkanes) is 1. The summed E-state index contributed by atoms with van der Waals surface area (Å²) >= 11 is 0. The van der Waals surface area contributed by atoms with Crippen LogP contribution in [-0.4, -0.2) is 28.4 Å². The SMILES string of the molecule is CCc1nn(C)c(C(=O)NCCCCC(F)(F)F)c1N. The molecule has 0 aliphatic carbocycles. The highest BCUT2D eigenvalue weighted by molar-refractivity contribution is 5.97. The molecule has 114 valence electrons. The number of amides is 1. The Hall–Kier alpha value is -1.73. The van der Waals surface area contributed by atoms with Gasteiger partial charge in [-0.25, -0.2) is 0 Å².